The van der Waals surface area contributed by atoms with Crippen molar-refractivity contribution >= 4 is 5.82 Å². The monoisotopic (exact) mass is 229 g/mol. The number of rotatable bonds is 1. The molecule has 0 aromatic carbocycles. The molecule has 0 bridgehead atoms. The van der Waals surface area contributed by atoms with Gasteiger partial charge in [-0.25, -0.2) is 4.98 Å². The van der Waals surface area contributed by atoms with E-state index >= 15 is 0 Å². The molecule has 3 heterocycles. The van der Waals surface area contributed by atoms with Crippen LogP contribution in [0.2, 0.25) is 0 Å². The molecule has 0 saturated heterocycles. The van der Waals surface area contributed by atoms with Crippen LogP contribution in [-0.4, -0.2) is 21.3 Å². The van der Waals surface area contributed by atoms with Gasteiger partial charge < -0.3 is 11.1 Å². The molecule has 0 saturated carbocycles. The first kappa shape index (κ1) is 10.3. The van der Waals surface area contributed by atoms with Crippen molar-refractivity contribution in [3.8, 4) is 11.1 Å². The van der Waals surface area contributed by atoms with Gasteiger partial charge in [-0.2, -0.15) is 5.10 Å². The van der Waals surface area contributed by atoms with Crippen molar-refractivity contribution in [2.45, 2.75) is 20.0 Å². The highest BCUT2D eigenvalue weighted by Crippen LogP contribution is 2.26. The Morgan fingerprint density at radius 2 is 2.29 bits per heavy atom. The third-order valence-corrected chi connectivity index (χ3v) is 3.03. The molecular weight excluding hydrogens is 214 g/mol. The van der Waals surface area contributed by atoms with E-state index in [0.717, 1.165) is 36.5 Å². The van der Waals surface area contributed by atoms with E-state index in [2.05, 4.69) is 20.1 Å². The summed E-state index contributed by atoms with van der Waals surface area (Å²) in [6.45, 7) is 4.71. The van der Waals surface area contributed by atoms with Gasteiger partial charge >= 0.3 is 0 Å². The smallest absolute Gasteiger partial charge is 0.124 e. The zero-order valence-corrected chi connectivity index (χ0v) is 9.77. The number of anilines is 1. The molecule has 2 aromatic heterocycles. The summed E-state index contributed by atoms with van der Waals surface area (Å²) in [6, 6.07) is 3.95. The number of hydrogen-bond donors (Lipinski definition) is 2. The summed E-state index contributed by atoms with van der Waals surface area (Å²) in [7, 11) is 0. The fraction of sp³-hybridized carbons (Fsp3) is 0.333. The largest absolute Gasteiger partial charge is 0.384 e. The van der Waals surface area contributed by atoms with E-state index in [1.54, 1.807) is 0 Å². The number of nitrogens with zero attached hydrogens (tertiary/aromatic N) is 3. The quantitative estimate of drug-likeness (QED) is 0.763. The van der Waals surface area contributed by atoms with Crippen LogP contribution < -0.4 is 11.1 Å². The summed E-state index contributed by atoms with van der Waals surface area (Å²) < 4.78 is 2.05. The lowest BCUT2D eigenvalue weighted by Crippen LogP contribution is -2.28. The predicted octanol–water partition coefficient (Wildman–Crippen LogP) is 0.939. The van der Waals surface area contributed by atoms with Gasteiger partial charge in [0.15, 0.2) is 0 Å². The second kappa shape index (κ2) is 3.85. The average molecular weight is 229 g/mol. The maximum atomic E-state index is 5.79. The van der Waals surface area contributed by atoms with Gasteiger partial charge in [-0.05, 0) is 24.6 Å². The van der Waals surface area contributed by atoms with Gasteiger partial charge in [0, 0.05) is 24.3 Å². The first-order valence-electron chi connectivity index (χ1n) is 5.74. The van der Waals surface area contributed by atoms with Crippen molar-refractivity contribution in [3.63, 3.8) is 0 Å². The first-order valence-corrected chi connectivity index (χ1v) is 5.74. The summed E-state index contributed by atoms with van der Waals surface area (Å²) in [5.74, 6) is 0.559. The number of nitrogen functional groups attached to an aromatic ring is 1. The fourth-order valence-corrected chi connectivity index (χ4v) is 2.27. The van der Waals surface area contributed by atoms with E-state index in [0.29, 0.717) is 5.82 Å². The van der Waals surface area contributed by atoms with Crippen molar-refractivity contribution in [1.82, 2.24) is 20.1 Å². The number of aromatic nitrogens is 3. The van der Waals surface area contributed by atoms with Gasteiger partial charge in [-0.1, -0.05) is 0 Å². The molecule has 0 aliphatic carbocycles. The number of aryl methyl sites for hydroxylation is 1. The van der Waals surface area contributed by atoms with E-state index in [1.165, 1.54) is 5.69 Å². The van der Waals surface area contributed by atoms with Gasteiger partial charge in [-0.3, -0.25) is 4.68 Å². The van der Waals surface area contributed by atoms with Crippen LogP contribution in [0.4, 0.5) is 5.82 Å². The van der Waals surface area contributed by atoms with E-state index < -0.39 is 0 Å². The number of nitrogens with two attached hydrogens (primary N) is 1. The third-order valence-electron chi connectivity index (χ3n) is 3.03. The van der Waals surface area contributed by atoms with E-state index in [1.807, 2.05) is 25.3 Å². The van der Waals surface area contributed by atoms with Crippen LogP contribution in [-0.2, 0) is 13.1 Å². The van der Waals surface area contributed by atoms with Crippen LogP contribution in [0.15, 0.2) is 18.3 Å². The topological polar surface area (TPSA) is 68.8 Å². The van der Waals surface area contributed by atoms with Gasteiger partial charge in [0.25, 0.3) is 0 Å². The molecule has 0 unspecified atom stereocenters. The third kappa shape index (κ3) is 1.78. The van der Waals surface area contributed by atoms with Gasteiger partial charge in [0.05, 0.1) is 18.4 Å². The SMILES string of the molecule is Cc1cc(-c2cnn3c2CNCC3)cc(N)n1. The Bertz CT molecular complexity index is 538. The molecule has 1 aliphatic heterocycles. The van der Waals surface area contributed by atoms with Crippen molar-refractivity contribution < 1.29 is 0 Å². The summed E-state index contributed by atoms with van der Waals surface area (Å²) in [5, 5.41) is 7.77. The normalized spacial score (nSPS) is 14.6. The number of nitrogens with one attached hydrogen (secondary N) is 1. The van der Waals surface area contributed by atoms with Crippen LogP contribution in [0.25, 0.3) is 11.1 Å². The molecule has 88 valence electrons. The lowest BCUT2D eigenvalue weighted by molar-refractivity contribution is 0.476. The number of fused-ring (bicyclic) bond motifs is 1. The molecule has 5 heteroatoms. The lowest BCUT2D eigenvalue weighted by Gasteiger charge is -2.16. The molecule has 0 fully saturated rings. The molecule has 0 spiro atoms. The van der Waals surface area contributed by atoms with Crippen molar-refractivity contribution in [2.75, 3.05) is 12.3 Å². The van der Waals surface area contributed by atoms with Crippen LogP contribution >= 0.6 is 0 Å². The van der Waals surface area contributed by atoms with E-state index in [4.69, 9.17) is 5.73 Å². The van der Waals surface area contributed by atoms with Crippen LogP contribution in [0.5, 0.6) is 0 Å². The Labute approximate surface area is 99.7 Å². The second-order valence-electron chi connectivity index (χ2n) is 4.33. The fourth-order valence-electron chi connectivity index (χ4n) is 2.27. The Morgan fingerprint density at radius 3 is 3.12 bits per heavy atom. The van der Waals surface area contributed by atoms with Crippen LogP contribution in [0, 0.1) is 6.92 Å². The Hall–Kier alpha value is -1.88. The average Bonchev–Trinajstić information content (AvgIpc) is 2.71. The van der Waals surface area contributed by atoms with Crippen molar-refractivity contribution in [2.24, 2.45) is 0 Å². The summed E-state index contributed by atoms with van der Waals surface area (Å²) in [6.07, 6.45) is 1.91. The summed E-state index contributed by atoms with van der Waals surface area (Å²) in [4.78, 5) is 4.19. The van der Waals surface area contributed by atoms with Crippen molar-refractivity contribution in [1.29, 1.82) is 0 Å². The zero-order chi connectivity index (χ0) is 11.8. The van der Waals surface area contributed by atoms with E-state index in [9.17, 15) is 0 Å². The highest BCUT2D eigenvalue weighted by atomic mass is 15.3. The van der Waals surface area contributed by atoms with Crippen LogP contribution in [0.3, 0.4) is 0 Å². The van der Waals surface area contributed by atoms with Crippen LogP contribution in [0.1, 0.15) is 11.4 Å². The first-order chi connectivity index (χ1) is 8.24. The standard InChI is InChI=1S/C12H15N5/c1-8-4-9(5-12(13)16-8)10-6-15-17-3-2-14-7-11(10)17/h4-6,14H,2-3,7H2,1H3,(H2,13,16). The maximum Gasteiger partial charge on any atom is 0.124 e. The molecular formula is C12H15N5. The number of pyridine rings is 1. The minimum atomic E-state index is 0.559. The molecule has 0 amide bonds. The second-order valence-corrected chi connectivity index (χ2v) is 4.33. The molecule has 17 heavy (non-hydrogen) atoms. The minimum Gasteiger partial charge on any atom is -0.384 e. The predicted molar refractivity (Wildman–Crippen MR) is 66.3 cm³/mol. The highest BCUT2D eigenvalue weighted by molar-refractivity contribution is 5.68. The Kier molecular flexibility index (Phi) is 2.33. The number of hydrogen-bond acceptors (Lipinski definition) is 4. The zero-order valence-electron chi connectivity index (χ0n) is 9.77. The van der Waals surface area contributed by atoms with Gasteiger partial charge in [0.2, 0.25) is 0 Å². The molecule has 3 N–H and O–H groups in total. The van der Waals surface area contributed by atoms with Gasteiger partial charge in [-0.15, -0.1) is 0 Å². The minimum absolute atomic E-state index is 0.559. The molecule has 0 atom stereocenters. The molecule has 0 radical (unpaired) electrons. The maximum absolute atomic E-state index is 5.79. The molecule has 5 nitrogen and oxygen atoms in total. The Balaban J connectivity index is 2.11. The highest BCUT2D eigenvalue weighted by Gasteiger charge is 2.15. The molecule has 1 aliphatic rings. The molecule has 2 aromatic rings. The Morgan fingerprint density at radius 1 is 1.41 bits per heavy atom. The lowest BCUT2D eigenvalue weighted by atomic mass is 10.1. The summed E-state index contributed by atoms with van der Waals surface area (Å²) >= 11 is 0. The van der Waals surface area contributed by atoms with Gasteiger partial charge in [0.1, 0.15) is 5.82 Å². The molecule has 3 rings (SSSR count). The summed E-state index contributed by atoms with van der Waals surface area (Å²) in [5.41, 5.74) is 10.2. The van der Waals surface area contributed by atoms with Crippen molar-refractivity contribution in [3.05, 3.63) is 29.7 Å². The van der Waals surface area contributed by atoms with E-state index in [-0.39, 0.29) is 0 Å².